The molecule has 1 rings (SSSR count). The van der Waals surface area contributed by atoms with Crippen LogP contribution >= 0.6 is 11.6 Å². The predicted molar refractivity (Wildman–Crippen MR) is 31.7 cm³/mol. The zero-order valence-electron chi connectivity index (χ0n) is 4.73. The third-order valence-electron chi connectivity index (χ3n) is 0.921. The first-order chi connectivity index (χ1) is 4.22. The summed E-state index contributed by atoms with van der Waals surface area (Å²) in [7, 11) is 0. The molecule has 0 N–H and O–H groups in total. The number of hydrogen-bond acceptors (Lipinski definition) is 2. The number of aromatic nitrogens is 2. The highest BCUT2D eigenvalue weighted by atomic mass is 35.5. The molecule has 0 bridgehead atoms. The van der Waals surface area contributed by atoms with E-state index >= 15 is 0 Å². The van der Waals surface area contributed by atoms with E-state index in [1.165, 1.54) is 13.3 Å². The molecule has 0 atom stereocenters. The molecule has 0 unspecified atom stereocenters. The molecule has 1 aromatic heterocycles. The lowest BCUT2D eigenvalue weighted by atomic mass is 10.4. The van der Waals surface area contributed by atoms with Gasteiger partial charge in [-0.15, -0.1) is 0 Å². The molecular formula is C5H4ClFN2. The van der Waals surface area contributed by atoms with Crippen LogP contribution in [0.1, 0.15) is 5.69 Å². The van der Waals surface area contributed by atoms with Gasteiger partial charge in [-0.3, -0.25) is 0 Å². The summed E-state index contributed by atoms with van der Waals surface area (Å²) >= 11 is 5.29. The first-order valence-corrected chi connectivity index (χ1v) is 2.72. The van der Waals surface area contributed by atoms with Crippen LogP contribution in [0.2, 0.25) is 5.15 Å². The third-order valence-corrected chi connectivity index (χ3v) is 1.18. The molecule has 9 heavy (non-hydrogen) atoms. The van der Waals surface area contributed by atoms with Crippen LogP contribution in [-0.2, 0) is 0 Å². The van der Waals surface area contributed by atoms with E-state index in [1.807, 2.05) is 0 Å². The summed E-state index contributed by atoms with van der Waals surface area (Å²) in [6.07, 6.45) is 1.22. The minimum atomic E-state index is -0.542. The van der Waals surface area contributed by atoms with Crippen LogP contribution < -0.4 is 0 Å². The van der Waals surface area contributed by atoms with Crippen LogP contribution in [0, 0.1) is 12.7 Å². The van der Waals surface area contributed by atoms with Crippen LogP contribution in [0.4, 0.5) is 4.39 Å². The van der Waals surface area contributed by atoms with Crippen molar-refractivity contribution in [1.29, 1.82) is 0 Å². The molecule has 0 aliphatic carbocycles. The molecule has 0 spiro atoms. The summed E-state index contributed by atoms with van der Waals surface area (Å²) in [5.74, 6) is -0.542. The molecule has 4 heteroatoms. The Morgan fingerprint density at radius 1 is 1.56 bits per heavy atom. The van der Waals surface area contributed by atoms with E-state index in [1.54, 1.807) is 0 Å². The highest BCUT2D eigenvalue weighted by Crippen LogP contribution is 2.10. The Labute approximate surface area is 56.7 Å². The van der Waals surface area contributed by atoms with E-state index in [-0.39, 0.29) is 10.8 Å². The Balaban J connectivity index is 3.25. The van der Waals surface area contributed by atoms with Gasteiger partial charge < -0.3 is 0 Å². The zero-order chi connectivity index (χ0) is 6.85. The van der Waals surface area contributed by atoms with Crippen LogP contribution in [0.3, 0.4) is 0 Å². The average molecular weight is 147 g/mol. The fourth-order valence-electron chi connectivity index (χ4n) is 0.429. The first-order valence-electron chi connectivity index (χ1n) is 2.34. The van der Waals surface area contributed by atoms with Gasteiger partial charge in [0.25, 0.3) is 0 Å². The highest BCUT2D eigenvalue weighted by molar-refractivity contribution is 6.29. The SMILES string of the molecule is Cc1ncnc(Cl)c1F. The maximum Gasteiger partial charge on any atom is 0.181 e. The topological polar surface area (TPSA) is 25.8 Å². The van der Waals surface area contributed by atoms with Gasteiger partial charge in [0.15, 0.2) is 11.0 Å². The molecule has 0 aromatic carbocycles. The van der Waals surface area contributed by atoms with Crippen molar-refractivity contribution in [3.63, 3.8) is 0 Å². The lowest BCUT2D eigenvalue weighted by Crippen LogP contribution is -1.90. The highest BCUT2D eigenvalue weighted by Gasteiger charge is 2.02. The molecule has 1 heterocycles. The van der Waals surface area contributed by atoms with Crippen LogP contribution in [-0.4, -0.2) is 9.97 Å². The van der Waals surface area contributed by atoms with Gasteiger partial charge in [-0.1, -0.05) is 11.6 Å². The van der Waals surface area contributed by atoms with Gasteiger partial charge in [0.1, 0.15) is 6.33 Å². The van der Waals surface area contributed by atoms with Gasteiger partial charge in [-0.2, -0.15) is 0 Å². The number of aryl methyl sites for hydroxylation is 1. The van der Waals surface area contributed by atoms with Crippen LogP contribution in [0.25, 0.3) is 0 Å². The number of nitrogens with zero attached hydrogens (tertiary/aromatic N) is 2. The molecule has 0 saturated carbocycles. The average Bonchev–Trinajstić information content (AvgIpc) is 1.83. The van der Waals surface area contributed by atoms with E-state index in [0.717, 1.165) is 0 Å². The molecule has 1 aromatic rings. The first kappa shape index (κ1) is 6.42. The third kappa shape index (κ3) is 1.16. The Bertz CT molecular complexity index is 206. The van der Waals surface area contributed by atoms with Gasteiger partial charge in [-0.05, 0) is 6.92 Å². The molecule has 0 amide bonds. The monoisotopic (exact) mass is 146 g/mol. The van der Waals surface area contributed by atoms with Crippen molar-refractivity contribution < 1.29 is 4.39 Å². The van der Waals surface area contributed by atoms with Crippen molar-refractivity contribution in [2.45, 2.75) is 6.92 Å². The van der Waals surface area contributed by atoms with Crippen LogP contribution in [0.5, 0.6) is 0 Å². The largest absolute Gasteiger partial charge is 0.239 e. The minimum absolute atomic E-state index is 0.123. The maximum absolute atomic E-state index is 12.5. The number of rotatable bonds is 0. The summed E-state index contributed by atoms with van der Waals surface area (Å²) in [5, 5.41) is -0.123. The Morgan fingerprint density at radius 2 is 2.22 bits per heavy atom. The minimum Gasteiger partial charge on any atom is -0.239 e. The fourth-order valence-corrected chi connectivity index (χ4v) is 0.609. The maximum atomic E-state index is 12.5. The smallest absolute Gasteiger partial charge is 0.181 e. The summed E-state index contributed by atoms with van der Waals surface area (Å²) in [4.78, 5) is 6.99. The van der Waals surface area contributed by atoms with Crippen molar-refractivity contribution in [2.75, 3.05) is 0 Å². The van der Waals surface area contributed by atoms with E-state index in [0.29, 0.717) is 0 Å². The van der Waals surface area contributed by atoms with Crippen molar-refractivity contribution >= 4 is 11.6 Å². The molecule has 2 nitrogen and oxygen atoms in total. The van der Waals surface area contributed by atoms with Crippen molar-refractivity contribution in [3.8, 4) is 0 Å². The normalized spacial score (nSPS) is 9.67. The summed E-state index contributed by atoms with van der Waals surface area (Å²) in [6.45, 7) is 1.53. The quantitative estimate of drug-likeness (QED) is 0.520. The Kier molecular flexibility index (Phi) is 1.62. The number of halogens is 2. The molecule has 0 saturated heterocycles. The Morgan fingerprint density at radius 3 is 2.67 bits per heavy atom. The fraction of sp³-hybridized carbons (Fsp3) is 0.200. The van der Waals surface area contributed by atoms with E-state index in [4.69, 9.17) is 11.6 Å². The lowest BCUT2D eigenvalue weighted by Gasteiger charge is -1.92. The second-order valence-corrected chi connectivity index (χ2v) is 1.92. The molecule has 0 fully saturated rings. The summed E-state index contributed by atoms with van der Waals surface area (Å²) in [5.41, 5.74) is 0.273. The predicted octanol–water partition coefficient (Wildman–Crippen LogP) is 1.58. The summed E-state index contributed by atoms with van der Waals surface area (Å²) in [6, 6.07) is 0. The zero-order valence-corrected chi connectivity index (χ0v) is 5.48. The van der Waals surface area contributed by atoms with E-state index in [9.17, 15) is 4.39 Å². The Hall–Kier alpha value is -0.700. The second-order valence-electron chi connectivity index (χ2n) is 1.56. The second kappa shape index (κ2) is 2.27. The van der Waals surface area contributed by atoms with Gasteiger partial charge in [0.05, 0.1) is 5.69 Å². The molecule has 0 radical (unpaired) electrons. The molecule has 48 valence electrons. The van der Waals surface area contributed by atoms with E-state index in [2.05, 4.69) is 9.97 Å². The number of hydrogen-bond donors (Lipinski definition) is 0. The van der Waals surface area contributed by atoms with Gasteiger partial charge in [0, 0.05) is 0 Å². The van der Waals surface area contributed by atoms with Gasteiger partial charge in [-0.25, -0.2) is 14.4 Å². The van der Waals surface area contributed by atoms with Crippen molar-refractivity contribution in [2.24, 2.45) is 0 Å². The molecular weight excluding hydrogens is 143 g/mol. The van der Waals surface area contributed by atoms with Gasteiger partial charge >= 0.3 is 0 Å². The lowest BCUT2D eigenvalue weighted by molar-refractivity contribution is 0.602. The van der Waals surface area contributed by atoms with Gasteiger partial charge in [0.2, 0.25) is 0 Å². The van der Waals surface area contributed by atoms with E-state index < -0.39 is 5.82 Å². The molecule has 0 aliphatic rings. The van der Waals surface area contributed by atoms with Crippen molar-refractivity contribution in [1.82, 2.24) is 9.97 Å². The standard InChI is InChI=1S/C5H4ClFN2/c1-3-4(7)5(6)9-2-8-3/h2H,1H3. The van der Waals surface area contributed by atoms with Crippen molar-refractivity contribution in [3.05, 3.63) is 23.0 Å². The molecule has 0 aliphatic heterocycles. The van der Waals surface area contributed by atoms with Crippen LogP contribution in [0.15, 0.2) is 6.33 Å². The summed E-state index contributed by atoms with van der Waals surface area (Å²) < 4.78 is 12.5.